The minimum atomic E-state index is -2.84. The van der Waals surface area contributed by atoms with Gasteiger partial charge in [0.2, 0.25) is 0 Å². The lowest BCUT2D eigenvalue weighted by Gasteiger charge is -2.28. The van der Waals surface area contributed by atoms with E-state index in [2.05, 4.69) is 34.1 Å². The quantitative estimate of drug-likeness (QED) is 0.771. The second kappa shape index (κ2) is 9.29. The third-order valence-electron chi connectivity index (χ3n) is 3.51. The van der Waals surface area contributed by atoms with Crippen LogP contribution in [0.15, 0.2) is 24.3 Å². The summed E-state index contributed by atoms with van der Waals surface area (Å²) in [6, 6.07) is 6.16. The smallest absolute Gasteiger partial charge is 0.387 e. The van der Waals surface area contributed by atoms with Crippen LogP contribution in [-0.2, 0) is 6.54 Å². The average molecular weight is 329 g/mol. The Bertz CT molecular complexity index is 471. The molecule has 1 aromatic rings. The number of rotatable bonds is 8. The number of halogens is 2. The van der Waals surface area contributed by atoms with Gasteiger partial charge in [0.1, 0.15) is 5.75 Å². The fourth-order valence-electron chi connectivity index (χ4n) is 2.25. The second-order valence-corrected chi connectivity index (χ2v) is 5.86. The molecule has 1 rings (SSSR count). The molecule has 2 amide bonds. The summed E-state index contributed by atoms with van der Waals surface area (Å²) in [5.41, 5.74) is 0.801. The Hall–Kier alpha value is -1.89. The number of nitrogens with zero attached hydrogens (tertiary/aromatic N) is 1. The van der Waals surface area contributed by atoms with E-state index in [4.69, 9.17) is 0 Å². The largest absolute Gasteiger partial charge is 0.435 e. The molecule has 0 saturated heterocycles. The Labute approximate surface area is 136 Å². The molecule has 0 heterocycles. The summed E-state index contributed by atoms with van der Waals surface area (Å²) in [6.07, 6.45) is 0. The highest BCUT2D eigenvalue weighted by atomic mass is 19.3. The monoisotopic (exact) mass is 329 g/mol. The van der Waals surface area contributed by atoms with E-state index in [0.717, 1.165) is 5.56 Å². The molecule has 0 unspecified atom stereocenters. The summed E-state index contributed by atoms with van der Waals surface area (Å²) in [5.74, 6) is 0.520. The third kappa shape index (κ3) is 7.27. The maximum atomic E-state index is 12.0. The van der Waals surface area contributed by atoms with Crippen LogP contribution in [-0.4, -0.2) is 44.2 Å². The molecule has 1 aromatic carbocycles. The Morgan fingerprint density at radius 3 is 2.26 bits per heavy atom. The molecule has 0 aliphatic rings. The summed E-state index contributed by atoms with van der Waals surface area (Å²) in [6.45, 7) is 2.24. The van der Waals surface area contributed by atoms with E-state index in [-0.39, 0.29) is 17.8 Å². The zero-order valence-corrected chi connectivity index (χ0v) is 14.0. The summed E-state index contributed by atoms with van der Waals surface area (Å²) < 4.78 is 28.4. The number of benzene rings is 1. The van der Waals surface area contributed by atoms with Gasteiger partial charge in [-0.3, -0.25) is 0 Å². The van der Waals surface area contributed by atoms with Crippen LogP contribution in [0.1, 0.15) is 19.4 Å². The molecule has 0 spiro atoms. The molecule has 130 valence electrons. The molecule has 2 N–H and O–H groups in total. The first-order valence-corrected chi connectivity index (χ1v) is 7.51. The van der Waals surface area contributed by atoms with Crippen LogP contribution < -0.4 is 15.4 Å². The molecule has 0 aliphatic heterocycles. The first-order valence-electron chi connectivity index (χ1n) is 7.51. The van der Waals surface area contributed by atoms with E-state index in [1.54, 1.807) is 12.1 Å². The topological polar surface area (TPSA) is 53.6 Å². The van der Waals surface area contributed by atoms with Crippen molar-refractivity contribution in [1.82, 2.24) is 15.5 Å². The van der Waals surface area contributed by atoms with E-state index >= 15 is 0 Å². The van der Waals surface area contributed by atoms with Gasteiger partial charge in [0.25, 0.3) is 0 Å². The molecule has 0 aliphatic carbocycles. The van der Waals surface area contributed by atoms with E-state index in [0.29, 0.717) is 19.0 Å². The second-order valence-electron chi connectivity index (χ2n) is 5.86. The molecular weight excluding hydrogens is 304 g/mol. The number of nitrogens with one attached hydrogen (secondary N) is 2. The van der Waals surface area contributed by atoms with Crippen LogP contribution in [0.3, 0.4) is 0 Å². The lowest BCUT2D eigenvalue weighted by molar-refractivity contribution is -0.0498. The maximum Gasteiger partial charge on any atom is 0.387 e. The fraction of sp³-hybridized carbons (Fsp3) is 0.562. The van der Waals surface area contributed by atoms with Crippen LogP contribution in [0.2, 0.25) is 0 Å². The number of alkyl halides is 2. The van der Waals surface area contributed by atoms with Gasteiger partial charge in [-0.1, -0.05) is 26.0 Å². The normalized spacial score (nSPS) is 12.6. The van der Waals surface area contributed by atoms with Gasteiger partial charge in [0.15, 0.2) is 0 Å². The van der Waals surface area contributed by atoms with Crippen molar-refractivity contribution in [2.45, 2.75) is 33.0 Å². The molecular formula is C16H25F2N3O2. The van der Waals surface area contributed by atoms with Crippen molar-refractivity contribution in [3.63, 3.8) is 0 Å². The number of ether oxygens (including phenoxy) is 1. The number of likely N-dealkylation sites (N-methyl/N-ethyl adjacent to an activating group) is 1. The van der Waals surface area contributed by atoms with Gasteiger partial charge in [-0.25, -0.2) is 4.79 Å². The lowest BCUT2D eigenvalue weighted by atomic mass is 10.0. The molecule has 0 aromatic heterocycles. The van der Waals surface area contributed by atoms with Crippen molar-refractivity contribution in [2.24, 2.45) is 5.92 Å². The number of amides is 2. The molecule has 0 radical (unpaired) electrons. The van der Waals surface area contributed by atoms with Crippen LogP contribution in [0.5, 0.6) is 5.75 Å². The Balaban J connectivity index is 2.38. The van der Waals surface area contributed by atoms with Gasteiger partial charge >= 0.3 is 12.6 Å². The zero-order chi connectivity index (χ0) is 17.4. The van der Waals surface area contributed by atoms with Gasteiger partial charge < -0.3 is 20.3 Å². The molecule has 23 heavy (non-hydrogen) atoms. The van der Waals surface area contributed by atoms with E-state index in [9.17, 15) is 13.6 Å². The van der Waals surface area contributed by atoms with Crippen molar-refractivity contribution in [2.75, 3.05) is 20.6 Å². The molecule has 7 heteroatoms. The fourth-order valence-corrected chi connectivity index (χ4v) is 2.25. The predicted molar refractivity (Wildman–Crippen MR) is 85.6 cm³/mol. The first kappa shape index (κ1) is 19.2. The molecule has 0 fully saturated rings. The van der Waals surface area contributed by atoms with Gasteiger partial charge in [0.05, 0.1) is 0 Å². The zero-order valence-electron chi connectivity index (χ0n) is 14.0. The van der Waals surface area contributed by atoms with Crippen molar-refractivity contribution in [1.29, 1.82) is 0 Å². The molecule has 0 saturated carbocycles. The summed E-state index contributed by atoms with van der Waals surface area (Å²) in [5, 5.41) is 5.57. The predicted octanol–water partition coefficient (Wildman–Crippen LogP) is 2.67. The van der Waals surface area contributed by atoms with Crippen LogP contribution in [0.25, 0.3) is 0 Å². The summed E-state index contributed by atoms with van der Waals surface area (Å²) in [7, 11) is 3.96. The Morgan fingerprint density at radius 2 is 1.78 bits per heavy atom. The number of hydrogen-bond donors (Lipinski definition) is 2. The maximum absolute atomic E-state index is 12.0. The number of urea groups is 1. The molecule has 1 atom stereocenters. The third-order valence-corrected chi connectivity index (χ3v) is 3.51. The lowest BCUT2D eigenvalue weighted by Crippen LogP contribution is -2.46. The Morgan fingerprint density at radius 1 is 1.17 bits per heavy atom. The minimum Gasteiger partial charge on any atom is -0.435 e. The molecule has 5 nitrogen and oxygen atoms in total. The van der Waals surface area contributed by atoms with Crippen molar-refractivity contribution in [3.8, 4) is 5.75 Å². The Kier molecular flexibility index (Phi) is 7.74. The van der Waals surface area contributed by atoms with Crippen LogP contribution >= 0.6 is 0 Å². The van der Waals surface area contributed by atoms with Crippen LogP contribution in [0.4, 0.5) is 13.6 Å². The van der Waals surface area contributed by atoms with Crippen molar-refractivity contribution in [3.05, 3.63) is 29.8 Å². The van der Waals surface area contributed by atoms with Crippen molar-refractivity contribution < 1.29 is 18.3 Å². The summed E-state index contributed by atoms with van der Waals surface area (Å²) in [4.78, 5) is 13.9. The first-order chi connectivity index (χ1) is 10.8. The van der Waals surface area contributed by atoms with Crippen molar-refractivity contribution >= 4 is 6.03 Å². The highest BCUT2D eigenvalue weighted by Crippen LogP contribution is 2.14. The number of hydrogen-bond acceptors (Lipinski definition) is 3. The average Bonchev–Trinajstić information content (AvgIpc) is 2.45. The van der Waals surface area contributed by atoms with E-state index in [1.165, 1.54) is 12.1 Å². The van der Waals surface area contributed by atoms with Gasteiger partial charge in [-0.05, 0) is 37.7 Å². The minimum absolute atomic E-state index is 0.0963. The van der Waals surface area contributed by atoms with E-state index in [1.807, 2.05) is 14.1 Å². The summed E-state index contributed by atoms with van der Waals surface area (Å²) >= 11 is 0. The highest BCUT2D eigenvalue weighted by molar-refractivity contribution is 5.73. The number of carbonyl (C=O) groups is 1. The standard InChI is InChI=1S/C16H25F2N3O2/c1-11(2)14(21(3)4)10-20-16(22)19-9-12-5-7-13(8-6-12)23-15(17)18/h5-8,11,14-15H,9-10H2,1-4H3,(H2,19,20,22)/t14-/m1/s1. The van der Waals surface area contributed by atoms with Gasteiger partial charge in [0, 0.05) is 19.1 Å². The highest BCUT2D eigenvalue weighted by Gasteiger charge is 2.16. The van der Waals surface area contributed by atoms with Gasteiger partial charge in [-0.2, -0.15) is 8.78 Å². The van der Waals surface area contributed by atoms with Gasteiger partial charge in [-0.15, -0.1) is 0 Å². The van der Waals surface area contributed by atoms with E-state index < -0.39 is 6.61 Å². The van der Waals surface area contributed by atoms with Crippen LogP contribution in [0, 0.1) is 5.92 Å². The number of carbonyl (C=O) groups excluding carboxylic acids is 1. The SMILES string of the molecule is CC(C)[C@@H](CNC(=O)NCc1ccc(OC(F)F)cc1)N(C)C. The molecule has 0 bridgehead atoms.